The van der Waals surface area contributed by atoms with Crippen LogP contribution in [0.4, 0.5) is 5.69 Å². The maximum Gasteiger partial charge on any atom is 0.257 e. The summed E-state index contributed by atoms with van der Waals surface area (Å²) >= 11 is 0. The summed E-state index contributed by atoms with van der Waals surface area (Å²) in [6.07, 6.45) is 5.61. The smallest absolute Gasteiger partial charge is 0.257 e. The highest BCUT2D eigenvalue weighted by molar-refractivity contribution is 5.99. The molecule has 4 heteroatoms. The van der Waals surface area contributed by atoms with Gasteiger partial charge >= 0.3 is 0 Å². The Bertz CT molecular complexity index is 445. The maximum atomic E-state index is 12.7. The summed E-state index contributed by atoms with van der Waals surface area (Å²) in [5.41, 5.74) is 1.58. The fourth-order valence-electron chi connectivity index (χ4n) is 2.80. The lowest BCUT2D eigenvalue weighted by Gasteiger charge is -2.28. The first-order valence-corrected chi connectivity index (χ1v) is 7.14. The van der Waals surface area contributed by atoms with Crippen molar-refractivity contribution in [3.63, 3.8) is 0 Å². The average Bonchev–Trinajstić information content (AvgIpc) is 2.88. The lowest BCUT2D eigenvalue weighted by atomic mass is 10.0. The Hall–Kier alpha value is -1.58. The van der Waals surface area contributed by atoms with Gasteiger partial charge in [0.05, 0.1) is 11.3 Å². The van der Waals surface area contributed by atoms with E-state index in [1.807, 2.05) is 17.9 Å². The molecule has 1 amide bonds. The van der Waals surface area contributed by atoms with Crippen LogP contribution < -0.4 is 5.32 Å². The third-order valence-electron chi connectivity index (χ3n) is 3.75. The number of hydrogen-bond donors (Lipinski definition) is 1. The van der Waals surface area contributed by atoms with Gasteiger partial charge in [0.25, 0.3) is 5.91 Å². The first-order chi connectivity index (χ1) is 9.15. The van der Waals surface area contributed by atoms with E-state index in [0.717, 1.165) is 31.6 Å². The molecule has 1 unspecified atom stereocenters. The largest absolute Gasteiger partial charge is 0.385 e. The summed E-state index contributed by atoms with van der Waals surface area (Å²) in [6, 6.07) is 2.24. The van der Waals surface area contributed by atoms with E-state index in [0.29, 0.717) is 17.5 Å². The number of nitrogens with one attached hydrogen (secondary N) is 1. The first-order valence-electron chi connectivity index (χ1n) is 7.14. The van der Waals surface area contributed by atoms with E-state index in [-0.39, 0.29) is 5.91 Å². The summed E-state index contributed by atoms with van der Waals surface area (Å²) < 4.78 is 0. The van der Waals surface area contributed by atoms with Crippen molar-refractivity contribution in [1.82, 2.24) is 9.88 Å². The predicted octanol–water partition coefficient (Wildman–Crippen LogP) is 2.77. The van der Waals surface area contributed by atoms with Crippen molar-refractivity contribution >= 4 is 11.6 Å². The summed E-state index contributed by atoms with van der Waals surface area (Å²) in [4.78, 5) is 18.8. The highest BCUT2D eigenvalue weighted by Gasteiger charge is 2.32. The summed E-state index contributed by atoms with van der Waals surface area (Å²) in [6.45, 7) is 8.07. The Morgan fingerprint density at radius 1 is 1.58 bits per heavy atom. The quantitative estimate of drug-likeness (QED) is 0.906. The van der Waals surface area contributed by atoms with Crippen LogP contribution >= 0.6 is 0 Å². The van der Waals surface area contributed by atoms with E-state index >= 15 is 0 Å². The molecule has 1 atom stereocenters. The van der Waals surface area contributed by atoms with Crippen LogP contribution in [-0.4, -0.2) is 34.9 Å². The standard InChI is InChI=1S/C15H23N3O/c1-4-17-13-7-8-16-10-12(13)15(19)18-9-5-6-14(18)11(2)3/h7-8,10-11,14H,4-6,9H2,1-3H3,(H,16,17). The van der Waals surface area contributed by atoms with Crippen LogP contribution in [0.3, 0.4) is 0 Å². The average molecular weight is 261 g/mol. The number of hydrogen-bond acceptors (Lipinski definition) is 3. The van der Waals surface area contributed by atoms with Gasteiger partial charge in [0.1, 0.15) is 0 Å². The number of anilines is 1. The summed E-state index contributed by atoms with van der Waals surface area (Å²) in [7, 11) is 0. The van der Waals surface area contributed by atoms with Gasteiger partial charge in [-0.3, -0.25) is 9.78 Å². The molecule has 1 fully saturated rings. The molecule has 104 valence electrons. The van der Waals surface area contributed by atoms with Crippen LogP contribution in [0.15, 0.2) is 18.5 Å². The van der Waals surface area contributed by atoms with Crippen molar-refractivity contribution in [2.45, 2.75) is 39.7 Å². The minimum atomic E-state index is 0.111. The molecule has 1 aromatic heterocycles. The molecule has 0 aromatic carbocycles. The number of likely N-dealkylation sites (tertiary alicyclic amines) is 1. The molecule has 1 aliphatic rings. The number of carbonyl (C=O) groups is 1. The molecule has 0 saturated carbocycles. The van der Waals surface area contributed by atoms with Gasteiger partial charge in [0, 0.05) is 31.5 Å². The van der Waals surface area contributed by atoms with Gasteiger partial charge in [-0.25, -0.2) is 0 Å². The summed E-state index contributed by atoms with van der Waals surface area (Å²) in [5, 5.41) is 3.24. The van der Waals surface area contributed by atoms with Gasteiger partial charge in [-0.05, 0) is 31.7 Å². The van der Waals surface area contributed by atoms with Crippen molar-refractivity contribution in [3.05, 3.63) is 24.0 Å². The normalized spacial score (nSPS) is 18.9. The lowest BCUT2D eigenvalue weighted by Crippen LogP contribution is -2.38. The van der Waals surface area contributed by atoms with Crippen LogP contribution in [0.2, 0.25) is 0 Å². The highest BCUT2D eigenvalue weighted by atomic mass is 16.2. The van der Waals surface area contributed by atoms with Gasteiger partial charge in [0.15, 0.2) is 0 Å². The number of nitrogens with zero attached hydrogens (tertiary/aromatic N) is 2. The second kappa shape index (κ2) is 6.04. The maximum absolute atomic E-state index is 12.7. The molecule has 1 saturated heterocycles. The van der Waals surface area contributed by atoms with Crippen molar-refractivity contribution < 1.29 is 4.79 Å². The highest BCUT2D eigenvalue weighted by Crippen LogP contribution is 2.27. The minimum absolute atomic E-state index is 0.111. The van der Waals surface area contributed by atoms with E-state index in [9.17, 15) is 4.79 Å². The Morgan fingerprint density at radius 2 is 2.37 bits per heavy atom. The van der Waals surface area contributed by atoms with Crippen molar-refractivity contribution in [1.29, 1.82) is 0 Å². The molecule has 4 nitrogen and oxygen atoms in total. The number of aromatic nitrogens is 1. The van der Waals surface area contributed by atoms with Crippen molar-refractivity contribution in [2.24, 2.45) is 5.92 Å². The molecule has 1 N–H and O–H groups in total. The van der Waals surface area contributed by atoms with Gasteiger partial charge in [-0.15, -0.1) is 0 Å². The molecule has 2 heterocycles. The van der Waals surface area contributed by atoms with Crippen LogP contribution in [0.1, 0.15) is 44.0 Å². The predicted molar refractivity (Wildman–Crippen MR) is 77.3 cm³/mol. The zero-order valence-electron chi connectivity index (χ0n) is 12.0. The van der Waals surface area contributed by atoms with Crippen molar-refractivity contribution in [2.75, 3.05) is 18.4 Å². The monoisotopic (exact) mass is 261 g/mol. The Balaban J connectivity index is 2.24. The Morgan fingerprint density at radius 3 is 3.05 bits per heavy atom. The van der Waals surface area contributed by atoms with Crippen LogP contribution in [0.5, 0.6) is 0 Å². The second-order valence-electron chi connectivity index (χ2n) is 5.40. The van der Waals surface area contributed by atoms with E-state index in [1.54, 1.807) is 12.4 Å². The van der Waals surface area contributed by atoms with Crippen LogP contribution in [0.25, 0.3) is 0 Å². The molecule has 1 aliphatic heterocycles. The molecular weight excluding hydrogens is 238 g/mol. The van der Waals surface area contributed by atoms with Crippen LogP contribution in [-0.2, 0) is 0 Å². The third-order valence-corrected chi connectivity index (χ3v) is 3.75. The van der Waals surface area contributed by atoms with E-state index in [4.69, 9.17) is 0 Å². The molecule has 0 radical (unpaired) electrons. The fourth-order valence-corrected chi connectivity index (χ4v) is 2.80. The van der Waals surface area contributed by atoms with E-state index < -0.39 is 0 Å². The van der Waals surface area contributed by atoms with Gasteiger partial charge in [-0.1, -0.05) is 13.8 Å². The first kappa shape index (κ1) is 13.8. The Labute approximate surface area is 115 Å². The minimum Gasteiger partial charge on any atom is -0.385 e. The lowest BCUT2D eigenvalue weighted by molar-refractivity contribution is 0.0702. The zero-order chi connectivity index (χ0) is 13.8. The molecule has 19 heavy (non-hydrogen) atoms. The molecule has 1 aromatic rings. The zero-order valence-corrected chi connectivity index (χ0v) is 12.0. The number of amides is 1. The summed E-state index contributed by atoms with van der Waals surface area (Å²) in [5.74, 6) is 0.617. The topological polar surface area (TPSA) is 45.2 Å². The van der Waals surface area contributed by atoms with E-state index in [1.165, 1.54) is 0 Å². The van der Waals surface area contributed by atoms with Gasteiger partial charge < -0.3 is 10.2 Å². The van der Waals surface area contributed by atoms with Gasteiger partial charge in [0.2, 0.25) is 0 Å². The third kappa shape index (κ3) is 2.88. The molecule has 0 spiro atoms. The van der Waals surface area contributed by atoms with Crippen molar-refractivity contribution in [3.8, 4) is 0 Å². The van der Waals surface area contributed by atoms with Crippen LogP contribution in [0, 0.1) is 5.92 Å². The molecule has 2 rings (SSSR count). The van der Waals surface area contributed by atoms with Gasteiger partial charge in [-0.2, -0.15) is 0 Å². The second-order valence-corrected chi connectivity index (χ2v) is 5.40. The molecular formula is C15H23N3O. The number of rotatable bonds is 4. The Kier molecular flexibility index (Phi) is 4.40. The number of pyridine rings is 1. The SMILES string of the molecule is CCNc1ccncc1C(=O)N1CCCC1C(C)C. The van der Waals surface area contributed by atoms with E-state index in [2.05, 4.69) is 24.1 Å². The molecule has 0 bridgehead atoms. The fraction of sp³-hybridized carbons (Fsp3) is 0.600. The number of carbonyl (C=O) groups excluding carboxylic acids is 1. The molecule has 0 aliphatic carbocycles.